The van der Waals surface area contributed by atoms with Gasteiger partial charge in [-0.1, -0.05) is 42.0 Å². The summed E-state index contributed by atoms with van der Waals surface area (Å²) in [5.41, 5.74) is 6.23. The second-order valence-electron chi connectivity index (χ2n) is 4.49. The number of hydrogen-bond donors (Lipinski definition) is 2. The standard InChI is InChI=1S/C13H17BrN2O2S/c1-8(2)6-16-12(17)7-18-11-4-3-9(14)5-10(11)13(15)19/h3-5,8H,6-7H2,1-2H3,(H2,15,19)(H,16,17). The van der Waals surface area contributed by atoms with Crippen LogP contribution in [0.3, 0.4) is 0 Å². The Hall–Kier alpha value is -1.14. The molecule has 3 N–H and O–H groups in total. The third kappa shape index (κ3) is 5.57. The van der Waals surface area contributed by atoms with Gasteiger partial charge in [-0.2, -0.15) is 0 Å². The van der Waals surface area contributed by atoms with Gasteiger partial charge in [-0.15, -0.1) is 0 Å². The van der Waals surface area contributed by atoms with Gasteiger partial charge in [0.25, 0.3) is 5.91 Å². The number of halogens is 1. The molecule has 0 aliphatic carbocycles. The van der Waals surface area contributed by atoms with Crippen molar-refractivity contribution in [3.8, 4) is 5.75 Å². The Labute approximate surface area is 126 Å². The third-order valence-electron chi connectivity index (χ3n) is 2.27. The molecular weight excluding hydrogens is 328 g/mol. The van der Waals surface area contributed by atoms with E-state index in [1.54, 1.807) is 12.1 Å². The van der Waals surface area contributed by atoms with E-state index < -0.39 is 0 Å². The molecule has 0 aliphatic rings. The van der Waals surface area contributed by atoms with Gasteiger partial charge in [0.05, 0.1) is 5.56 Å². The number of ether oxygens (including phenoxy) is 1. The second kappa shape index (κ2) is 7.45. The number of carbonyl (C=O) groups is 1. The Morgan fingerprint density at radius 3 is 2.79 bits per heavy atom. The molecule has 0 saturated heterocycles. The lowest BCUT2D eigenvalue weighted by Gasteiger charge is -2.12. The summed E-state index contributed by atoms with van der Waals surface area (Å²) in [4.78, 5) is 11.8. The van der Waals surface area contributed by atoms with Crippen molar-refractivity contribution in [2.75, 3.05) is 13.2 Å². The van der Waals surface area contributed by atoms with Gasteiger partial charge in [-0.3, -0.25) is 4.79 Å². The maximum Gasteiger partial charge on any atom is 0.257 e. The number of nitrogens with one attached hydrogen (secondary N) is 1. The molecule has 0 saturated carbocycles. The van der Waals surface area contributed by atoms with E-state index in [-0.39, 0.29) is 17.5 Å². The van der Waals surface area contributed by atoms with Crippen LogP contribution in [0.2, 0.25) is 0 Å². The van der Waals surface area contributed by atoms with Gasteiger partial charge in [0, 0.05) is 11.0 Å². The van der Waals surface area contributed by atoms with E-state index in [2.05, 4.69) is 21.2 Å². The van der Waals surface area contributed by atoms with Crippen LogP contribution >= 0.6 is 28.1 Å². The summed E-state index contributed by atoms with van der Waals surface area (Å²) in [6.07, 6.45) is 0. The minimum absolute atomic E-state index is 0.0516. The Morgan fingerprint density at radius 1 is 1.53 bits per heavy atom. The van der Waals surface area contributed by atoms with Crippen molar-refractivity contribution in [3.63, 3.8) is 0 Å². The molecule has 0 atom stereocenters. The SMILES string of the molecule is CC(C)CNC(=O)COc1ccc(Br)cc1C(N)=S. The second-order valence-corrected chi connectivity index (χ2v) is 5.85. The van der Waals surface area contributed by atoms with Crippen molar-refractivity contribution in [3.05, 3.63) is 28.2 Å². The van der Waals surface area contributed by atoms with Gasteiger partial charge in [-0.05, 0) is 24.1 Å². The number of benzene rings is 1. The fraction of sp³-hybridized carbons (Fsp3) is 0.385. The van der Waals surface area contributed by atoms with Crippen molar-refractivity contribution in [2.45, 2.75) is 13.8 Å². The Balaban J connectivity index is 2.62. The van der Waals surface area contributed by atoms with Crippen LogP contribution in [0.5, 0.6) is 5.75 Å². The van der Waals surface area contributed by atoms with Crippen LogP contribution in [-0.4, -0.2) is 24.0 Å². The molecule has 1 aromatic carbocycles. The molecule has 0 heterocycles. The van der Waals surface area contributed by atoms with Crippen molar-refractivity contribution >= 4 is 39.0 Å². The molecule has 19 heavy (non-hydrogen) atoms. The van der Waals surface area contributed by atoms with Gasteiger partial charge in [0.1, 0.15) is 10.7 Å². The first kappa shape index (κ1) is 15.9. The summed E-state index contributed by atoms with van der Waals surface area (Å²) in [6, 6.07) is 5.31. The zero-order chi connectivity index (χ0) is 14.4. The molecule has 0 unspecified atom stereocenters. The summed E-state index contributed by atoms with van der Waals surface area (Å²) >= 11 is 8.29. The van der Waals surface area contributed by atoms with Gasteiger partial charge in [0.15, 0.2) is 6.61 Å². The van der Waals surface area contributed by atoms with Crippen molar-refractivity contribution in [1.29, 1.82) is 0 Å². The summed E-state index contributed by atoms with van der Waals surface area (Å²) < 4.78 is 6.30. The third-order valence-corrected chi connectivity index (χ3v) is 2.99. The summed E-state index contributed by atoms with van der Waals surface area (Å²) in [5.74, 6) is 0.754. The first-order chi connectivity index (χ1) is 8.90. The van der Waals surface area contributed by atoms with E-state index in [0.29, 0.717) is 23.8 Å². The van der Waals surface area contributed by atoms with E-state index >= 15 is 0 Å². The minimum atomic E-state index is -0.162. The molecule has 6 heteroatoms. The van der Waals surface area contributed by atoms with Crippen molar-refractivity contribution in [2.24, 2.45) is 11.7 Å². The highest BCUT2D eigenvalue weighted by Gasteiger charge is 2.09. The largest absolute Gasteiger partial charge is 0.483 e. The average Bonchev–Trinajstić information content (AvgIpc) is 2.34. The predicted octanol–water partition coefficient (Wildman–Crippen LogP) is 2.23. The summed E-state index contributed by atoms with van der Waals surface area (Å²) in [7, 11) is 0. The first-order valence-electron chi connectivity index (χ1n) is 5.89. The maximum absolute atomic E-state index is 11.6. The smallest absolute Gasteiger partial charge is 0.257 e. The Morgan fingerprint density at radius 2 is 2.21 bits per heavy atom. The predicted molar refractivity (Wildman–Crippen MR) is 83.4 cm³/mol. The van der Waals surface area contributed by atoms with Crippen LogP contribution in [-0.2, 0) is 4.79 Å². The fourth-order valence-corrected chi connectivity index (χ4v) is 1.85. The highest BCUT2D eigenvalue weighted by atomic mass is 79.9. The number of amides is 1. The van der Waals surface area contributed by atoms with Crippen molar-refractivity contribution < 1.29 is 9.53 Å². The van der Waals surface area contributed by atoms with Crippen molar-refractivity contribution in [1.82, 2.24) is 5.32 Å². The molecule has 0 bridgehead atoms. The van der Waals surface area contributed by atoms with E-state index in [0.717, 1.165) is 4.47 Å². The first-order valence-corrected chi connectivity index (χ1v) is 7.09. The zero-order valence-corrected chi connectivity index (χ0v) is 13.3. The molecule has 4 nitrogen and oxygen atoms in total. The average molecular weight is 345 g/mol. The number of carbonyl (C=O) groups excluding carboxylic acids is 1. The molecule has 104 valence electrons. The lowest BCUT2D eigenvalue weighted by molar-refractivity contribution is -0.123. The fourth-order valence-electron chi connectivity index (χ4n) is 1.33. The molecule has 0 fully saturated rings. The van der Waals surface area contributed by atoms with Crippen LogP contribution in [0.4, 0.5) is 0 Å². The lowest BCUT2D eigenvalue weighted by atomic mass is 10.2. The van der Waals surface area contributed by atoms with Crippen LogP contribution in [0.15, 0.2) is 22.7 Å². The van der Waals surface area contributed by atoms with E-state index in [1.165, 1.54) is 0 Å². The van der Waals surface area contributed by atoms with Crippen LogP contribution in [0, 0.1) is 5.92 Å². The molecule has 0 radical (unpaired) electrons. The normalized spacial score (nSPS) is 10.3. The van der Waals surface area contributed by atoms with E-state index in [9.17, 15) is 4.79 Å². The lowest BCUT2D eigenvalue weighted by Crippen LogP contribution is -2.32. The Bertz CT molecular complexity index is 478. The molecule has 1 rings (SSSR count). The topological polar surface area (TPSA) is 64.3 Å². The zero-order valence-electron chi connectivity index (χ0n) is 10.9. The van der Waals surface area contributed by atoms with Crippen LogP contribution < -0.4 is 15.8 Å². The van der Waals surface area contributed by atoms with E-state index in [1.807, 2.05) is 19.9 Å². The van der Waals surface area contributed by atoms with Gasteiger partial charge in [0.2, 0.25) is 0 Å². The number of nitrogens with two attached hydrogens (primary N) is 1. The number of rotatable bonds is 6. The summed E-state index contributed by atoms with van der Waals surface area (Å²) in [6.45, 7) is 4.64. The van der Waals surface area contributed by atoms with Crippen LogP contribution in [0.1, 0.15) is 19.4 Å². The van der Waals surface area contributed by atoms with E-state index in [4.69, 9.17) is 22.7 Å². The van der Waals surface area contributed by atoms with Gasteiger partial charge >= 0.3 is 0 Å². The Kier molecular flexibility index (Phi) is 6.24. The molecular formula is C13H17BrN2O2S. The van der Waals surface area contributed by atoms with Gasteiger partial charge in [-0.25, -0.2) is 0 Å². The molecule has 1 aromatic rings. The summed E-state index contributed by atoms with van der Waals surface area (Å²) in [5, 5.41) is 2.78. The molecule has 0 aliphatic heterocycles. The van der Waals surface area contributed by atoms with Crippen LogP contribution in [0.25, 0.3) is 0 Å². The number of hydrogen-bond acceptors (Lipinski definition) is 3. The molecule has 0 aromatic heterocycles. The molecule has 1 amide bonds. The monoisotopic (exact) mass is 344 g/mol. The van der Waals surface area contributed by atoms with Gasteiger partial charge < -0.3 is 15.8 Å². The highest BCUT2D eigenvalue weighted by molar-refractivity contribution is 9.10. The number of thiocarbonyl (C=S) groups is 1. The maximum atomic E-state index is 11.6. The minimum Gasteiger partial charge on any atom is -0.483 e. The molecule has 0 spiro atoms. The quantitative estimate of drug-likeness (QED) is 0.776. The highest BCUT2D eigenvalue weighted by Crippen LogP contribution is 2.23.